The van der Waals surface area contributed by atoms with E-state index in [4.69, 9.17) is 10.5 Å². The van der Waals surface area contributed by atoms with E-state index in [1.54, 1.807) is 24.3 Å². The first-order valence-electron chi connectivity index (χ1n) is 3.39. The summed E-state index contributed by atoms with van der Waals surface area (Å²) in [7, 11) is 0. The van der Waals surface area contributed by atoms with Crippen molar-refractivity contribution < 1.29 is 9.53 Å². The number of ether oxygens (including phenoxy) is 1. The summed E-state index contributed by atoms with van der Waals surface area (Å²) in [6.07, 6.45) is 0. The van der Waals surface area contributed by atoms with E-state index in [0.29, 0.717) is 11.4 Å². The molecule has 2 N–H and O–H groups in total. The summed E-state index contributed by atoms with van der Waals surface area (Å²) in [6, 6.07) is 6.61. The molecule has 0 unspecified atom stereocenters. The van der Waals surface area contributed by atoms with Crippen molar-refractivity contribution in [3.8, 4) is 5.75 Å². The second kappa shape index (κ2) is 4.01. The molecule has 0 atom stereocenters. The lowest BCUT2D eigenvalue weighted by Crippen LogP contribution is -2.08. The molecule has 0 aromatic heterocycles. The Kier molecular flexibility index (Phi) is 2.99. The van der Waals surface area contributed by atoms with Crippen molar-refractivity contribution in [3.63, 3.8) is 0 Å². The fourth-order valence-electron chi connectivity index (χ4n) is 0.700. The van der Waals surface area contributed by atoms with E-state index in [2.05, 4.69) is 12.6 Å². The monoisotopic (exact) mass is 183 g/mol. The van der Waals surface area contributed by atoms with Gasteiger partial charge in [0.15, 0.2) is 0 Å². The summed E-state index contributed by atoms with van der Waals surface area (Å²) in [5.74, 6) is 0.191. The maximum atomic E-state index is 10.7. The maximum absolute atomic E-state index is 10.7. The predicted octanol–water partition coefficient (Wildman–Crippen LogP) is 1.10. The number of benzene rings is 1. The number of thiol groups is 1. The number of carbonyl (C=O) groups excluding carboxylic acids is 1. The Labute approximate surface area is 75.9 Å². The van der Waals surface area contributed by atoms with Crippen molar-refractivity contribution in [2.75, 3.05) is 11.5 Å². The van der Waals surface area contributed by atoms with Crippen LogP contribution in [0.25, 0.3) is 0 Å². The van der Waals surface area contributed by atoms with E-state index in [9.17, 15) is 4.79 Å². The molecule has 64 valence electrons. The lowest BCUT2D eigenvalue weighted by molar-refractivity contribution is -0.131. The largest absolute Gasteiger partial charge is 0.426 e. The minimum atomic E-state index is -0.372. The van der Waals surface area contributed by atoms with Crippen LogP contribution in [0.15, 0.2) is 24.3 Å². The van der Waals surface area contributed by atoms with E-state index in [1.165, 1.54) is 0 Å². The Morgan fingerprint density at radius 2 is 2.00 bits per heavy atom. The molecule has 0 fully saturated rings. The van der Waals surface area contributed by atoms with Crippen molar-refractivity contribution in [2.45, 2.75) is 0 Å². The lowest BCUT2D eigenvalue weighted by Gasteiger charge is -2.01. The van der Waals surface area contributed by atoms with Crippen molar-refractivity contribution in [2.24, 2.45) is 0 Å². The molecule has 4 heteroatoms. The first kappa shape index (κ1) is 8.93. The zero-order valence-electron chi connectivity index (χ0n) is 6.36. The molecule has 1 aromatic rings. The first-order valence-corrected chi connectivity index (χ1v) is 4.02. The molecule has 3 nitrogen and oxygen atoms in total. The predicted molar refractivity (Wildman–Crippen MR) is 50.3 cm³/mol. The van der Waals surface area contributed by atoms with Crippen LogP contribution < -0.4 is 10.5 Å². The molecule has 0 aliphatic heterocycles. The number of rotatable bonds is 2. The van der Waals surface area contributed by atoms with Crippen LogP contribution in [-0.4, -0.2) is 11.7 Å². The Bertz CT molecular complexity index is 271. The Morgan fingerprint density at radius 3 is 2.50 bits per heavy atom. The van der Waals surface area contributed by atoms with Gasteiger partial charge in [0.1, 0.15) is 5.75 Å². The molecule has 0 aliphatic carbocycles. The Balaban J connectivity index is 2.64. The number of hydrogen-bond donors (Lipinski definition) is 2. The van der Waals surface area contributed by atoms with Crippen LogP contribution in [0.2, 0.25) is 0 Å². The molecule has 0 saturated carbocycles. The van der Waals surface area contributed by atoms with Crippen LogP contribution in [0.4, 0.5) is 5.69 Å². The number of hydrogen-bond acceptors (Lipinski definition) is 4. The zero-order valence-corrected chi connectivity index (χ0v) is 7.25. The molecular formula is C8H9NO2S. The van der Waals surface area contributed by atoms with Gasteiger partial charge in [0.25, 0.3) is 0 Å². The van der Waals surface area contributed by atoms with Crippen LogP contribution in [0, 0.1) is 0 Å². The second-order valence-corrected chi connectivity index (χ2v) is 2.52. The van der Waals surface area contributed by atoms with E-state index in [-0.39, 0.29) is 11.7 Å². The second-order valence-electron chi connectivity index (χ2n) is 2.20. The van der Waals surface area contributed by atoms with Gasteiger partial charge in [0.2, 0.25) is 0 Å². The molecule has 12 heavy (non-hydrogen) atoms. The molecule has 0 aliphatic rings. The summed E-state index contributed by atoms with van der Waals surface area (Å²) in [6.45, 7) is 0. The van der Waals surface area contributed by atoms with Crippen molar-refractivity contribution >= 4 is 24.3 Å². The highest BCUT2D eigenvalue weighted by Gasteiger charge is 2.00. The highest BCUT2D eigenvalue weighted by Crippen LogP contribution is 2.13. The van der Waals surface area contributed by atoms with E-state index in [0.717, 1.165) is 0 Å². The topological polar surface area (TPSA) is 52.3 Å². The summed E-state index contributed by atoms with van der Waals surface area (Å²) in [4.78, 5) is 10.7. The van der Waals surface area contributed by atoms with Gasteiger partial charge in [-0.2, -0.15) is 12.6 Å². The smallest absolute Gasteiger partial charge is 0.321 e. The van der Waals surface area contributed by atoms with Crippen molar-refractivity contribution in [1.29, 1.82) is 0 Å². The number of nitrogens with two attached hydrogens (primary N) is 1. The van der Waals surface area contributed by atoms with Crippen LogP contribution in [0.3, 0.4) is 0 Å². The van der Waals surface area contributed by atoms with Crippen LogP contribution in [0.5, 0.6) is 5.75 Å². The van der Waals surface area contributed by atoms with Gasteiger partial charge >= 0.3 is 5.97 Å². The highest BCUT2D eigenvalue weighted by molar-refractivity contribution is 7.81. The van der Waals surface area contributed by atoms with Crippen molar-refractivity contribution in [3.05, 3.63) is 24.3 Å². The van der Waals surface area contributed by atoms with Gasteiger partial charge < -0.3 is 10.5 Å². The molecule has 0 bridgehead atoms. The number of carbonyl (C=O) groups is 1. The van der Waals surface area contributed by atoms with Gasteiger partial charge in [-0.15, -0.1) is 0 Å². The SMILES string of the molecule is Nc1ccc(OC(=O)CS)cc1. The van der Waals surface area contributed by atoms with E-state index < -0.39 is 0 Å². The van der Waals surface area contributed by atoms with Gasteiger partial charge in [0, 0.05) is 5.69 Å². The zero-order chi connectivity index (χ0) is 8.97. The molecule has 0 saturated heterocycles. The van der Waals surface area contributed by atoms with E-state index >= 15 is 0 Å². The summed E-state index contributed by atoms with van der Waals surface area (Å²) in [5, 5.41) is 0. The van der Waals surface area contributed by atoms with Gasteiger partial charge in [-0.3, -0.25) is 4.79 Å². The quantitative estimate of drug-likeness (QED) is 0.312. The summed E-state index contributed by atoms with van der Waals surface area (Å²) < 4.78 is 4.85. The summed E-state index contributed by atoms with van der Waals surface area (Å²) >= 11 is 3.77. The molecule has 0 heterocycles. The minimum Gasteiger partial charge on any atom is -0.426 e. The standard InChI is InChI=1S/C8H9NO2S/c9-6-1-3-7(4-2-6)11-8(10)5-12/h1-4,12H,5,9H2. The Morgan fingerprint density at radius 1 is 1.42 bits per heavy atom. The fraction of sp³-hybridized carbons (Fsp3) is 0.125. The molecule has 1 rings (SSSR count). The number of esters is 1. The number of nitrogen functional groups attached to an aromatic ring is 1. The minimum absolute atomic E-state index is 0.0738. The molecule has 0 radical (unpaired) electrons. The van der Waals surface area contributed by atoms with Crippen LogP contribution in [0.1, 0.15) is 0 Å². The third-order valence-electron chi connectivity index (χ3n) is 1.24. The fourth-order valence-corrected chi connectivity index (χ4v) is 0.764. The molecule has 0 spiro atoms. The van der Waals surface area contributed by atoms with Gasteiger partial charge in [-0.1, -0.05) is 0 Å². The molecule has 1 aromatic carbocycles. The normalized spacial score (nSPS) is 9.42. The van der Waals surface area contributed by atoms with Gasteiger partial charge in [0.05, 0.1) is 5.75 Å². The van der Waals surface area contributed by atoms with Gasteiger partial charge in [-0.25, -0.2) is 0 Å². The third kappa shape index (κ3) is 2.47. The highest BCUT2D eigenvalue weighted by atomic mass is 32.1. The van der Waals surface area contributed by atoms with Crippen LogP contribution >= 0.6 is 12.6 Å². The lowest BCUT2D eigenvalue weighted by atomic mass is 10.3. The Hall–Kier alpha value is -1.16. The summed E-state index contributed by atoms with van der Waals surface area (Å²) in [5.41, 5.74) is 6.07. The molecule has 0 amide bonds. The van der Waals surface area contributed by atoms with Gasteiger partial charge in [-0.05, 0) is 24.3 Å². The van der Waals surface area contributed by atoms with Crippen LogP contribution in [-0.2, 0) is 4.79 Å². The van der Waals surface area contributed by atoms with Crippen molar-refractivity contribution in [1.82, 2.24) is 0 Å². The number of anilines is 1. The maximum Gasteiger partial charge on any atom is 0.321 e. The van der Waals surface area contributed by atoms with E-state index in [1.807, 2.05) is 0 Å². The average Bonchev–Trinajstić information content (AvgIpc) is 2.09. The third-order valence-corrected chi connectivity index (χ3v) is 1.50. The molecular weight excluding hydrogens is 174 g/mol. The first-order chi connectivity index (χ1) is 5.72. The average molecular weight is 183 g/mol.